The van der Waals surface area contributed by atoms with Gasteiger partial charge in [0.1, 0.15) is 10.8 Å². The number of nitrogens with zero attached hydrogens (tertiary/aromatic N) is 1. The van der Waals surface area contributed by atoms with E-state index in [-0.39, 0.29) is 11.9 Å². The van der Waals surface area contributed by atoms with E-state index in [2.05, 4.69) is 10.3 Å². The van der Waals surface area contributed by atoms with Crippen molar-refractivity contribution >= 4 is 11.3 Å². The molecule has 1 aliphatic carbocycles. The molecule has 94 valence electrons. The minimum absolute atomic E-state index is 0.0215. The fourth-order valence-electron chi connectivity index (χ4n) is 2.08. The summed E-state index contributed by atoms with van der Waals surface area (Å²) in [4.78, 5) is 4.38. The molecular formula is C14H15FN2S. The predicted molar refractivity (Wildman–Crippen MR) is 71.3 cm³/mol. The van der Waals surface area contributed by atoms with Crippen molar-refractivity contribution in [2.24, 2.45) is 0 Å². The van der Waals surface area contributed by atoms with Gasteiger partial charge in [0.05, 0.1) is 6.04 Å². The van der Waals surface area contributed by atoms with Gasteiger partial charge in [-0.25, -0.2) is 9.37 Å². The number of rotatable bonds is 4. The average Bonchev–Trinajstić information content (AvgIpc) is 3.01. The van der Waals surface area contributed by atoms with Crippen LogP contribution in [0.15, 0.2) is 29.8 Å². The van der Waals surface area contributed by atoms with E-state index in [0.717, 1.165) is 16.1 Å². The minimum Gasteiger partial charge on any atom is -0.301 e. The molecule has 1 fully saturated rings. The molecule has 3 rings (SSSR count). The molecular weight excluding hydrogens is 247 g/mol. The minimum atomic E-state index is -0.185. The number of hydrogen-bond acceptors (Lipinski definition) is 3. The molecule has 18 heavy (non-hydrogen) atoms. The highest BCUT2D eigenvalue weighted by molar-refractivity contribution is 7.09. The predicted octanol–water partition coefficient (Wildman–Crippen LogP) is 3.43. The largest absolute Gasteiger partial charge is 0.301 e. The number of hydrogen-bond donors (Lipinski definition) is 1. The molecule has 1 N–H and O–H groups in total. The summed E-state index contributed by atoms with van der Waals surface area (Å²) in [7, 11) is 0. The normalized spacial score (nSPS) is 16.8. The van der Waals surface area contributed by atoms with Gasteiger partial charge >= 0.3 is 0 Å². The smallest absolute Gasteiger partial charge is 0.123 e. The highest BCUT2D eigenvalue weighted by Crippen LogP contribution is 2.31. The van der Waals surface area contributed by atoms with Gasteiger partial charge in [-0.2, -0.15) is 0 Å². The Labute approximate surface area is 110 Å². The van der Waals surface area contributed by atoms with E-state index in [0.29, 0.717) is 6.04 Å². The van der Waals surface area contributed by atoms with Crippen LogP contribution in [-0.4, -0.2) is 11.0 Å². The number of halogens is 1. The van der Waals surface area contributed by atoms with Crippen LogP contribution in [0.4, 0.5) is 4.39 Å². The van der Waals surface area contributed by atoms with Crippen LogP contribution in [-0.2, 0) is 0 Å². The van der Waals surface area contributed by atoms with E-state index >= 15 is 0 Å². The van der Waals surface area contributed by atoms with Crippen molar-refractivity contribution in [1.82, 2.24) is 10.3 Å². The summed E-state index contributed by atoms with van der Waals surface area (Å²) in [5.41, 5.74) is 2.10. The first-order chi connectivity index (χ1) is 8.74. The van der Waals surface area contributed by atoms with Gasteiger partial charge < -0.3 is 5.32 Å². The van der Waals surface area contributed by atoms with Gasteiger partial charge in [-0.3, -0.25) is 0 Å². The summed E-state index contributed by atoms with van der Waals surface area (Å²) in [6.45, 7) is 2.02. The Hall–Kier alpha value is -1.26. The maximum Gasteiger partial charge on any atom is 0.123 e. The molecule has 1 aromatic carbocycles. The average molecular weight is 262 g/mol. The number of nitrogens with one attached hydrogen (secondary N) is 1. The monoisotopic (exact) mass is 262 g/mol. The van der Waals surface area contributed by atoms with E-state index in [4.69, 9.17) is 0 Å². The van der Waals surface area contributed by atoms with Gasteiger partial charge in [-0.15, -0.1) is 11.3 Å². The van der Waals surface area contributed by atoms with Gasteiger partial charge in [-0.05, 0) is 43.0 Å². The molecule has 0 radical (unpaired) electrons. The van der Waals surface area contributed by atoms with Crippen molar-refractivity contribution in [3.8, 4) is 0 Å². The molecule has 0 saturated heterocycles. The van der Waals surface area contributed by atoms with Crippen LogP contribution in [0.1, 0.15) is 35.0 Å². The Morgan fingerprint density at radius 1 is 1.44 bits per heavy atom. The Balaban J connectivity index is 1.98. The van der Waals surface area contributed by atoms with Crippen molar-refractivity contribution in [3.05, 3.63) is 51.7 Å². The van der Waals surface area contributed by atoms with Crippen LogP contribution in [0.2, 0.25) is 0 Å². The SMILES string of the molecule is Cc1ccc(F)cc1C(NC1CC1)c1nccs1. The standard InChI is InChI=1S/C14H15FN2S/c1-9-2-3-10(15)8-12(9)13(17-11-4-5-11)14-16-6-7-18-14/h2-3,6-8,11,13,17H,4-5H2,1H3. The van der Waals surface area contributed by atoms with Crippen molar-refractivity contribution < 1.29 is 4.39 Å². The summed E-state index contributed by atoms with van der Waals surface area (Å²) >= 11 is 1.61. The highest BCUT2D eigenvalue weighted by atomic mass is 32.1. The molecule has 1 atom stereocenters. The van der Waals surface area contributed by atoms with Gasteiger partial charge in [0.15, 0.2) is 0 Å². The number of benzene rings is 1. The van der Waals surface area contributed by atoms with Gasteiger partial charge in [0, 0.05) is 17.6 Å². The summed E-state index contributed by atoms with van der Waals surface area (Å²) in [5.74, 6) is -0.185. The van der Waals surface area contributed by atoms with E-state index in [1.54, 1.807) is 23.6 Å². The van der Waals surface area contributed by atoms with Crippen molar-refractivity contribution in [2.75, 3.05) is 0 Å². The first kappa shape index (κ1) is 11.8. The zero-order valence-corrected chi connectivity index (χ0v) is 11.0. The van der Waals surface area contributed by atoms with Crippen LogP contribution >= 0.6 is 11.3 Å². The zero-order chi connectivity index (χ0) is 12.5. The Morgan fingerprint density at radius 2 is 2.28 bits per heavy atom. The molecule has 1 saturated carbocycles. The summed E-state index contributed by atoms with van der Waals surface area (Å²) in [6.07, 6.45) is 4.21. The van der Waals surface area contributed by atoms with Crippen molar-refractivity contribution in [1.29, 1.82) is 0 Å². The second-order valence-electron chi connectivity index (χ2n) is 4.75. The third-order valence-electron chi connectivity index (χ3n) is 3.23. The molecule has 4 heteroatoms. The Kier molecular flexibility index (Phi) is 3.14. The maximum absolute atomic E-state index is 13.5. The highest BCUT2D eigenvalue weighted by Gasteiger charge is 2.28. The Morgan fingerprint density at radius 3 is 2.94 bits per heavy atom. The van der Waals surface area contributed by atoms with Crippen molar-refractivity contribution in [2.45, 2.75) is 31.8 Å². The molecule has 1 unspecified atom stereocenters. The van der Waals surface area contributed by atoms with Crippen LogP contribution in [0.5, 0.6) is 0 Å². The molecule has 0 spiro atoms. The van der Waals surface area contributed by atoms with E-state index in [1.807, 2.05) is 18.4 Å². The van der Waals surface area contributed by atoms with Gasteiger partial charge in [0.25, 0.3) is 0 Å². The third-order valence-corrected chi connectivity index (χ3v) is 4.07. The zero-order valence-electron chi connectivity index (χ0n) is 10.2. The number of thiazole rings is 1. The molecule has 0 aliphatic heterocycles. The maximum atomic E-state index is 13.5. The van der Waals surface area contributed by atoms with Crippen LogP contribution < -0.4 is 5.32 Å². The lowest BCUT2D eigenvalue weighted by molar-refractivity contribution is 0.582. The lowest BCUT2D eigenvalue weighted by Gasteiger charge is -2.19. The van der Waals surface area contributed by atoms with Crippen LogP contribution in [0.3, 0.4) is 0 Å². The quantitative estimate of drug-likeness (QED) is 0.913. The molecule has 1 aliphatic rings. The van der Waals surface area contributed by atoms with E-state index in [1.165, 1.54) is 18.9 Å². The molecule has 2 aromatic rings. The fourth-order valence-corrected chi connectivity index (χ4v) is 2.79. The van der Waals surface area contributed by atoms with Crippen molar-refractivity contribution in [3.63, 3.8) is 0 Å². The Bertz CT molecular complexity index is 535. The molecule has 1 aromatic heterocycles. The molecule has 2 nitrogen and oxygen atoms in total. The lowest BCUT2D eigenvalue weighted by Crippen LogP contribution is -2.25. The van der Waals surface area contributed by atoms with Crippen LogP contribution in [0, 0.1) is 12.7 Å². The molecule has 0 amide bonds. The van der Waals surface area contributed by atoms with Gasteiger partial charge in [0.2, 0.25) is 0 Å². The second kappa shape index (κ2) is 4.78. The topological polar surface area (TPSA) is 24.9 Å². The molecule has 0 bridgehead atoms. The first-order valence-corrected chi connectivity index (χ1v) is 7.03. The van der Waals surface area contributed by atoms with Crippen LogP contribution in [0.25, 0.3) is 0 Å². The fraction of sp³-hybridized carbons (Fsp3) is 0.357. The first-order valence-electron chi connectivity index (χ1n) is 6.15. The third kappa shape index (κ3) is 2.44. The summed E-state index contributed by atoms with van der Waals surface area (Å²) in [5, 5.41) is 6.53. The molecule has 1 heterocycles. The summed E-state index contributed by atoms with van der Waals surface area (Å²) < 4.78 is 13.5. The number of aromatic nitrogens is 1. The van der Waals surface area contributed by atoms with Gasteiger partial charge in [-0.1, -0.05) is 6.07 Å². The van der Waals surface area contributed by atoms with E-state index in [9.17, 15) is 4.39 Å². The number of aryl methyl sites for hydroxylation is 1. The summed E-state index contributed by atoms with van der Waals surface area (Å²) in [6, 6.07) is 5.54. The lowest BCUT2D eigenvalue weighted by atomic mass is 10.0. The van der Waals surface area contributed by atoms with E-state index < -0.39 is 0 Å². The second-order valence-corrected chi connectivity index (χ2v) is 5.67.